The fourth-order valence-electron chi connectivity index (χ4n) is 1.48. The molecule has 2 N–H and O–H groups in total. The van der Waals surface area contributed by atoms with E-state index in [-0.39, 0.29) is 18.5 Å². The van der Waals surface area contributed by atoms with E-state index in [1.54, 1.807) is 6.92 Å². The summed E-state index contributed by atoms with van der Waals surface area (Å²) in [5.41, 5.74) is 4.40. The normalized spacial score (nSPS) is 9.89. The Labute approximate surface area is 104 Å². The van der Waals surface area contributed by atoms with Gasteiger partial charge in [-0.15, -0.1) is 0 Å². The average molecular weight is 253 g/mol. The van der Waals surface area contributed by atoms with E-state index in [0.717, 1.165) is 12.1 Å². The third kappa shape index (κ3) is 2.94. The summed E-state index contributed by atoms with van der Waals surface area (Å²) in [5, 5.41) is 8.46. The number of rotatable bonds is 4. The van der Waals surface area contributed by atoms with Crippen molar-refractivity contribution in [3.8, 4) is 6.07 Å². The molecule has 0 spiro atoms. The highest BCUT2D eigenvalue weighted by atomic mass is 19.1. The summed E-state index contributed by atoms with van der Waals surface area (Å²) >= 11 is 0. The predicted molar refractivity (Wildman–Crippen MR) is 62.6 cm³/mol. The van der Waals surface area contributed by atoms with Gasteiger partial charge in [-0.05, 0) is 19.1 Å². The van der Waals surface area contributed by atoms with Gasteiger partial charge in [0.2, 0.25) is 0 Å². The molecule has 0 saturated carbocycles. The second kappa shape index (κ2) is 5.96. The quantitative estimate of drug-likeness (QED) is 0.833. The number of anilines is 1. The van der Waals surface area contributed by atoms with Crippen molar-refractivity contribution in [1.29, 1.82) is 5.26 Å². The number of hydrogen-bond donors (Lipinski definition) is 1. The van der Waals surface area contributed by atoms with E-state index in [1.807, 2.05) is 6.07 Å². The van der Waals surface area contributed by atoms with Gasteiger partial charge < -0.3 is 10.6 Å². The van der Waals surface area contributed by atoms with Crippen LogP contribution in [0.2, 0.25) is 0 Å². The zero-order valence-electron chi connectivity index (χ0n) is 9.91. The first-order chi connectivity index (χ1) is 8.51. The molecular weight excluding hydrogens is 240 g/mol. The molecule has 1 aromatic rings. The van der Waals surface area contributed by atoms with Crippen LogP contribution in [0.5, 0.6) is 0 Å². The van der Waals surface area contributed by atoms with Gasteiger partial charge in [0.05, 0.1) is 12.5 Å². The maximum atomic E-state index is 13.2. The fraction of sp³-hybridized carbons (Fsp3) is 0.333. The van der Waals surface area contributed by atoms with Crippen LogP contribution in [0.25, 0.3) is 0 Å². The van der Waals surface area contributed by atoms with Crippen LogP contribution in [0.1, 0.15) is 23.7 Å². The number of halogens is 2. The van der Waals surface area contributed by atoms with Gasteiger partial charge in [-0.25, -0.2) is 8.78 Å². The minimum Gasteiger partial charge on any atom is -0.394 e. The van der Waals surface area contributed by atoms with E-state index in [9.17, 15) is 13.6 Å². The molecule has 0 radical (unpaired) electrons. The first-order valence-electron chi connectivity index (χ1n) is 5.42. The molecule has 1 rings (SSSR count). The lowest BCUT2D eigenvalue weighted by molar-refractivity contribution is 0.0767. The second-order valence-corrected chi connectivity index (χ2v) is 3.65. The monoisotopic (exact) mass is 253 g/mol. The van der Waals surface area contributed by atoms with Crippen molar-refractivity contribution in [2.75, 3.05) is 18.8 Å². The van der Waals surface area contributed by atoms with Gasteiger partial charge in [-0.2, -0.15) is 5.26 Å². The maximum Gasteiger partial charge on any atom is 0.254 e. The number of nitrogens with two attached hydrogens (primary N) is 1. The number of nitrogen functional groups attached to an aromatic ring is 1. The van der Waals surface area contributed by atoms with Gasteiger partial charge in [0.15, 0.2) is 0 Å². The summed E-state index contributed by atoms with van der Waals surface area (Å²) < 4.78 is 26.5. The van der Waals surface area contributed by atoms with Crippen LogP contribution in [-0.2, 0) is 0 Å². The number of carbonyl (C=O) groups is 1. The van der Waals surface area contributed by atoms with Crippen LogP contribution < -0.4 is 5.73 Å². The van der Waals surface area contributed by atoms with E-state index in [4.69, 9.17) is 11.0 Å². The molecule has 6 heteroatoms. The van der Waals surface area contributed by atoms with Crippen LogP contribution >= 0.6 is 0 Å². The largest absolute Gasteiger partial charge is 0.394 e. The van der Waals surface area contributed by atoms with E-state index >= 15 is 0 Å². The third-order valence-corrected chi connectivity index (χ3v) is 2.49. The number of hydrogen-bond acceptors (Lipinski definition) is 3. The molecule has 0 aliphatic rings. The molecule has 4 nitrogen and oxygen atoms in total. The molecule has 0 aliphatic carbocycles. The smallest absolute Gasteiger partial charge is 0.254 e. The molecule has 0 unspecified atom stereocenters. The summed E-state index contributed by atoms with van der Waals surface area (Å²) in [6, 6.07) is 3.71. The highest BCUT2D eigenvalue weighted by Crippen LogP contribution is 2.18. The van der Waals surface area contributed by atoms with Crippen molar-refractivity contribution in [1.82, 2.24) is 4.90 Å². The number of amides is 1. The standard InChI is InChI=1S/C12H13F2N3O/c1-2-17(5-3-4-15)12(18)8-6-9(13)11(16)10(14)7-8/h6-7H,2-3,5,16H2,1H3. The lowest BCUT2D eigenvalue weighted by atomic mass is 10.1. The molecule has 0 aliphatic heterocycles. The molecular formula is C12H13F2N3O. The lowest BCUT2D eigenvalue weighted by Gasteiger charge is -2.19. The topological polar surface area (TPSA) is 70.1 Å². The van der Waals surface area contributed by atoms with Gasteiger partial charge in [-0.1, -0.05) is 0 Å². The number of carbonyl (C=O) groups excluding carboxylic acids is 1. The van der Waals surface area contributed by atoms with Crippen molar-refractivity contribution in [2.45, 2.75) is 13.3 Å². The summed E-state index contributed by atoms with van der Waals surface area (Å²) in [4.78, 5) is 13.3. The fourth-order valence-corrected chi connectivity index (χ4v) is 1.48. The molecule has 96 valence electrons. The molecule has 1 amide bonds. The minimum atomic E-state index is -0.963. The van der Waals surface area contributed by atoms with Gasteiger partial charge in [0.1, 0.15) is 17.3 Å². The van der Waals surface area contributed by atoms with Gasteiger partial charge in [0, 0.05) is 18.7 Å². The van der Waals surface area contributed by atoms with Crippen molar-refractivity contribution in [2.24, 2.45) is 0 Å². The van der Waals surface area contributed by atoms with Gasteiger partial charge in [0.25, 0.3) is 5.91 Å². The van der Waals surface area contributed by atoms with E-state index in [1.165, 1.54) is 4.90 Å². The van der Waals surface area contributed by atoms with E-state index in [2.05, 4.69) is 0 Å². The van der Waals surface area contributed by atoms with E-state index in [0.29, 0.717) is 6.54 Å². The van der Waals surface area contributed by atoms with Gasteiger partial charge >= 0.3 is 0 Å². The summed E-state index contributed by atoms with van der Waals surface area (Å²) in [5.74, 6) is -2.45. The van der Waals surface area contributed by atoms with Crippen LogP contribution in [0.3, 0.4) is 0 Å². The van der Waals surface area contributed by atoms with E-state index < -0.39 is 23.2 Å². The molecule has 1 aromatic carbocycles. The molecule has 0 aromatic heterocycles. The zero-order valence-corrected chi connectivity index (χ0v) is 9.91. The average Bonchev–Trinajstić information content (AvgIpc) is 2.36. The summed E-state index contributed by atoms with van der Waals surface area (Å²) in [6.07, 6.45) is 0.166. The molecule has 0 atom stereocenters. The summed E-state index contributed by atoms with van der Waals surface area (Å²) in [7, 11) is 0. The van der Waals surface area contributed by atoms with Crippen molar-refractivity contribution in [3.63, 3.8) is 0 Å². The second-order valence-electron chi connectivity index (χ2n) is 3.65. The number of nitrogens with zero attached hydrogens (tertiary/aromatic N) is 2. The van der Waals surface area contributed by atoms with Crippen LogP contribution in [0, 0.1) is 23.0 Å². The molecule has 0 saturated heterocycles. The molecule has 0 fully saturated rings. The Morgan fingerprint density at radius 2 is 2.00 bits per heavy atom. The Morgan fingerprint density at radius 3 is 2.44 bits per heavy atom. The Balaban J connectivity index is 2.99. The highest BCUT2D eigenvalue weighted by molar-refractivity contribution is 5.94. The highest BCUT2D eigenvalue weighted by Gasteiger charge is 2.17. The Kier molecular flexibility index (Phi) is 4.60. The first kappa shape index (κ1) is 13.9. The van der Waals surface area contributed by atoms with Crippen LogP contribution in [0.4, 0.5) is 14.5 Å². The van der Waals surface area contributed by atoms with Crippen molar-refractivity contribution in [3.05, 3.63) is 29.3 Å². The molecule has 0 heterocycles. The van der Waals surface area contributed by atoms with Gasteiger partial charge in [-0.3, -0.25) is 4.79 Å². The summed E-state index contributed by atoms with van der Waals surface area (Å²) in [6.45, 7) is 2.30. The molecule has 0 bridgehead atoms. The lowest BCUT2D eigenvalue weighted by Crippen LogP contribution is -2.31. The molecule has 18 heavy (non-hydrogen) atoms. The Morgan fingerprint density at radius 1 is 1.44 bits per heavy atom. The van der Waals surface area contributed by atoms with Crippen LogP contribution in [-0.4, -0.2) is 23.9 Å². The zero-order chi connectivity index (χ0) is 13.7. The third-order valence-electron chi connectivity index (χ3n) is 2.49. The van der Waals surface area contributed by atoms with Crippen molar-refractivity contribution < 1.29 is 13.6 Å². The van der Waals surface area contributed by atoms with Crippen molar-refractivity contribution >= 4 is 11.6 Å². The first-order valence-corrected chi connectivity index (χ1v) is 5.42. The maximum absolute atomic E-state index is 13.2. The predicted octanol–water partition coefficient (Wildman–Crippen LogP) is 1.92. The minimum absolute atomic E-state index is 0.112. The SMILES string of the molecule is CCN(CCC#N)C(=O)c1cc(F)c(N)c(F)c1. The number of nitriles is 1. The number of benzene rings is 1. The Bertz CT molecular complexity index is 474. The Hall–Kier alpha value is -2.16. The van der Waals surface area contributed by atoms with Crippen LogP contribution in [0.15, 0.2) is 12.1 Å².